The number of carbonyl (C=O) groups excluding carboxylic acids is 2. The van der Waals surface area contributed by atoms with Crippen molar-refractivity contribution in [3.05, 3.63) is 0 Å². The molecule has 0 aromatic rings. The molecule has 0 aliphatic carbocycles. The highest BCUT2D eigenvalue weighted by molar-refractivity contribution is 5.96. The van der Waals surface area contributed by atoms with Crippen molar-refractivity contribution in [2.45, 2.75) is 52.6 Å². The lowest BCUT2D eigenvalue weighted by Gasteiger charge is -2.37. The van der Waals surface area contributed by atoms with E-state index >= 15 is 0 Å². The summed E-state index contributed by atoms with van der Waals surface area (Å²) in [5.41, 5.74) is 0. The number of hydrogen-bond donors (Lipinski definition) is 1. The fraction of sp³-hybridized carbons (Fsp3) is 0.857. The van der Waals surface area contributed by atoms with Crippen molar-refractivity contribution >= 4 is 11.8 Å². The van der Waals surface area contributed by atoms with Crippen LogP contribution in [0.1, 0.15) is 40.5 Å². The maximum atomic E-state index is 12.1. The number of carbonyl (C=O) groups is 2. The summed E-state index contributed by atoms with van der Waals surface area (Å²) in [5.74, 6) is 0.426. The molecule has 2 amide bonds. The van der Waals surface area contributed by atoms with E-state index in [9.17, 15) is 9.59 Å². The van der Waals surface area contributed by atoms with Crippen molar-refractivity contribution in [3.63, 3.8) is 0 Å². The molecule has 1 aliphatic heterocycles. The average molecular weight is 270 g/mol. The van der Waals surface area contributed by atoms with Gasteiger partial charge in [0.25, 0.3) is 0 Å². The van der Waals surface area contributed by atoms with Crippen molar-refractivity contribution in [2.75, 3.05) is 19.8 Å². The van der Waals surface area contributed by atoms with Crippen molar-refractivity contribution in [2.24, 2.45) is 5.92 Å². The predicted octanol–water partition coefficient (Wildman–Crippen LogP) is 1.17. The first-order chi connectivity index (χ1) is 8.97. The molecule has 0 radical (unpaired) electrons. The molecule has 0 aromatic heterocycles. The molecular formula is C14H26N2O3. The fourth-order valence-electron chi connectivity index (χ4n) is 2.22. The Labute approximate surface area is 115 Å². The third kappa shape index (κ3) is 4.49. The van der Waals surface area contributed by atoms with Gasteiger partial charge in [-0.05, 0) is 19.3 Å². The van der Waals surface area contributed by atoms with Crippen LogP contribution in [0, 0.1) is 5.92 Å². The molecule has 1 rings (SSSR count). The lowest BCUT2D eigenvalue weighted by atomic mass is 10.0. The van der Waals surface area contributed by atoms with E-state index in [1.807, 2.05) is 6.92 Å². The summed E-state index contributed by atoms with van der Waals surface area (Å²) in [6, 6.07) is -0.762. The largest absolute Gasteiger partial charge is 0.379 e. The van der Waals surface area contributed by atoms with E-state index in [2.05, 4.69) is 19.2 Å². The van der Waals surface area contributed by atoms with E-state index in [-0.39, 0.29) is 17.9 Å². The number of hydrogen-bond acceptors (Lipinski definition) is 3. The molecule has 5 heteroatoms. The average Bonchev–Trinajstić information content (AvgIpc) is 2.34. The molecule has 0 saturated carbocycles. The molecule has 0 spiro atoms. The number of nitrogens with zero attached hydrogens (tertiary/aromatic N) is 1. The molecule has 2 atom stereocenters. The second-order valence-electron chi connectivity index (χ2n) is 5.54. The number of amides is 2. The Kier molecular flexibility index (Phi) is 6.28. The zero-order valence-electron chi connectivity index (χ0n) is 12.4. The first-order valence-electron chi connectivity index (χ1n) is 7.16. The summed E-state index contributed by atoms with van der Waals surface area (Å²) in [7, 11) is 0. The molecule has 19 heavy (non-hydrogen) atoms. The second-order valence-corrected chi connectivity index (χ2v) is 5.54. The molecule has 110 valence electrons. The SMILES string of the molecule is CCCC1C(=O)NC(C)C(=O)N1CCOCC(C)C. The summed E-state index contributed by atoms with van der Waals surface area (Å²) in [5, 5.41) is 2.73. The van der Waals surface area contributed by atoms with Crippen LogP contribution in [-0.2, 0) is 14.3 Å². The molecule has 0 bridgehead atoms. The van der Waals surface area contributed by atoms with Crippen LogP contribution in [0.4, 0.5) is 0 Å². The highest BCUT2D eigenvalue weighted by Gasteiger charge is 2.37. The van der Waals surface area contributed by atoms with Crippen LogP contribution in [0.15, 0.2) is 0 Å². The van der Waals surface area contributed by atoms with Crippen molar-refractivity contribution in [1.29, 1.82) is 0 Å². The van der Waals surface area contributed by atoms with E-state index in [0.29, 0.717) is 32.1 Å². The zero-order chi connectivity index (χ0) is 14.4. The summed E-state index contributed by atoms with van der Waals surface area (Å²) < 4.78 is 5.52. The Hall–Kier alpha value is -1.10. The third-order valence-electron chi connectivity index (χ3n) is 3.18. The van der Waals surface area contributed by atoms with Crippen LogP contribution in [-0.4, -0.2) is 48.6 Å². The topological polar surface area (TPSA) is 58.6 Å². The quantitative estimate of drug-likeness (QED) is 0.707. The summed E-state index contributed by atoms with van der Waals surface area (Å²) in [4.78, 5) is 25.8. The van der Waals surface area contributed by atoms with Gasteiger partial charge in [-0.2, -0.15) is 0 Å². The smallest absolute Gasteiger partial charge is 0.245 e. The maximum absolute atomic E-state index is 12.1. The monoisotopic (exact) mass is 270 g/mol. The van der Waals surface area contributed by atoms with Gasteiger partial charge in [0, 0.05) is 13.2 Å². The molecule has 1 N–H and O–H groups in total. The van der Waals surface area contributed by atoms with Crippen LogP contribution < -0.4 is 5.32 Å². The van der Waals surface area contributed by atoms with Gasteiger partial charge in [0.15, 0.2) is 0 Å². The lowest BCUT2D eigenvalue weighted by molar-refractivity contribution is -0.150. The van der Waals surface area contributed by atoms with E-state index < -0.39 is 6.04 Å². The minimum Gasteiger partial charge on any atom is -0.379 e. The third-order valence-corrected chi connectivity index (χ3v) is 3.18. The highest BCUT2D eigenvalue weighted by atomic mass is 16.5. The fourth-order valence-corrected chi connectivity index (χ4v) is 2.22. The summed E-state index contributed by atoms with van der Waals surface area (Å²) >= 11 is 0. The van der Waals surface area contributed by atoms with Gasteiger partial charge in [-0.15, -0.1) is 0 Å². The van der Waals surface area contributed by atoms with E-state index in [1.165, 1.54) is 0 Å². The molecular weight excluding hydrogens is 244 g/mol. The Balaban J connectivity index is 2.57. The van der Waals surface area contributed by atoms with Gasteiger partial charge in [0.05, 0.1) is 6.61 Å². The van der Waals surface area contributed by atoms with Crippen LogP contribution in [0.25, 0.3) is 0 Å². The molecule has 5 nitrogen and oxygen atoms in total. The lowest BCUT2D eigenvalue weighted by Crippen LogP contribution is -2.62. The molecule has 0 aromatic carbocycles. The minimum atomic E-state index is -0.425. The van der Waals surface area contributed by atoms with Gasteiger partial charge in [-0.25, -0.2) is 0 Å². The van der Waals surface area contributed by atoms with Gasteiger partial charge >= 0.3 is 0 Å². The van der Waals surface area contributed by atoms with Crippen LogP contribution in [0.5, 0.6) is 0 Å². The zero-order valence-corrected chi connectivity index (χ0v) is 12.4. The van der Waals surface area contributed by atoms with Gasteiger partial charge < -0.3 is 15.0 Å². The predicted molar refractivity (Wildman–Crippen MR) is 73.7 cm³/mol. The summed E-state index contributed by atoms with van der Waals surface area (Å²) in [6.07, 6.45) is 1.58. The van der Waals surface area contributed by atoms with Crippen LogP contribution in [0.3, 0.4) is 0 Å². The van der Waals surface area contributed by atoms with E-state index in [0.717, 1.165) is 6.42 Å². The minimum absolute atomic E-state index is 0.00815. The normalized spacial score (nSPS) is 23.9. The van der Waals surface area contributed by atoms with Crippen molar-refractivity contribution in [3.8, 4) is 0 Å². The Morgan fingerprint density at radius 2 is 2.05 bits per heavy atom. The Morgan fingerprint density at radius 3 is 2.63 bits per heavy atom. The number of piperazine rings is 1. The van der Waals surface area contributed by atoms with Crippen molar-refractivity contribution in [1.82, 2.24) is 10.2 Å². The van der Waals surface area contributed by atoms with E-state index in [1.54, 1.807) is 11.8 Å². The van der Waals surface area contributed by atoms with Gasteiger partial charge in [0.2, 0.25) is 11.8 Å². The highest BCUT2D eigenvalue weighted by Crippen LogP contribution is 2.14. The van der Waals surface area contributed by atoms with Gasteiger partial charge in [0.1, 0.15) is 12.1 Å². The summed E-state index contributed by atoms with van der Waals surface area (Å²) in [6.45, 7) is 9.58. The molecule has 2 unspecified atom stereocenters. The van der Waals surface area contributed by atoms with Crippen LogP contribution >= 0.6 is 0 Å². The first-order valence-corrected chi connectivity index (χ1v) is 7.16. The molecule has 1 aliphatic rings. The van der Waals surface area contributed by atoms with Crippen LogP contribution in [0.2, 0.25) is 0 Å². The maximum Gasteiger partial charge on any atom is 0.245 e. The standard InChI is InChI=1S/C14H26N2O3/c1-5-6-12-13(17)15-11(4)14(18)16(12)7-8-19-9-10(2)3/h10-12H,5-9H2,1-4H3,(H,15,17). The molecule has 1 heterocycles. The second kappa shape index (κ2) is 7.48. The van der Waals surface area contributed by atoms with Gasteiger partial charge in [-0.1, -0.05) is 27.2 Å². The number of ether oxygens (including phenoxy) is 1. The number of nitrogens with one attached hydrogen (secondary N) is 1. The van der Waals surface area contributed by atoms with E-state index in [4.69, 9.17) is 4.74 Å². The van der Waals surface area contributed by atoms with Gasteiger partial charge in [-0.3, -0.25) is 9.59 Å². The number of rotatable bonds is 7. The van der Waals surface area contributed by atoms with Crippen molar-refractivity contribution < 1.29 is 14.3 Å². The first kappa shape index (κ1) is 16.0. The molecule has 1 fully saturated rings. The Morgan fingerprint density at radius 1 is 1.37 bits per heavy atom. The Bertz CT molecular complexity index is 318. The molecule has 1 saturated heterocycles.